The highest BCUT2D eigenvalue weighted by molar-refractivity contribution is 6.01. The molecular weight excluding hydrogens is 290 g/mol. The van der Waals surface area contributed by atoms with Gasteiger partial charge in [-0.2, -0.15) is 5.10 Å². The van der Waals surface area contributed by atoms with Crippen LogP contribution in [0.25, 0.3) is 10.9 Å². The molecule has 0 bridgehead atoms. The van der Waals surface area contributed by atoms with Gasteiger partial charge in [-0.3, -0.25) is 4.79 Å². The second kappa shape index (κ2) is 6.12. The van der Waals surface area contributed by atoms with Crippen LogP contribution in [0.3, 0.4) is 0 Å². The predicted molar refractivity (Wildman–Crippen MR) is 90.9 cm³/mol. The summed E-state index contributed by atoms with van der Waals surface area (Å²) in [5, 5.41) is 5.16. The Labute approximate surface area is 134 Å². The Morgan fingerprint density at radius 2 is 2.22 bits per heavy atom. The Bertz CT molecular complexity index is 887. The molecule has 2 N–H and O–H groups in total. The number of fused-ring (bicyclic) bond motifs is 1. The van der Waals surface area contributed by atoms with Gasteiger partial charge in [0.15, 0.2) is 0 Å². The fraction of sp³-hybridized carbons (Fsp3) is 0.222. The van der Waals surface area contributed by atoms with Crippen molar-refractivity contribution in [3.05, 3.63) is 58.7 Å². The summed E-state index contributed by atoms with van der Waals surface area (Å²) in [5.41, 5.74) is 6.36. The number of para-hydroxylation sites is 1. The molecule has 0 fully saturated rings. The molecule has 118 valence electrons. The van der Waals surface area contributed by atoms with Gasteiger partial charge in [-0.05, 0) is 31.9 Å². The van der Waals surface area contributed by atoms with Crippen molar-refractivity contribution in [1.29, 1.82) is 0 Å². The van der Waals surface area contributed by atoms with Crippen LogP contribution in [0.2, 0.25) is 0 Å². The Morgan fingerprint density at radius 3 is 2.91 bits per heavy atom. The van der Waals surface area contributed by atoms with E-state index in [-0.39, 0.29) is 5.91 Å². The number of aromatic amines is 1. The minimum absolute atomic E-state index is 0.273. The summed E-state index contributed by atoms with van der Waals surface area (Å²) in [6.07, 6.45) is 4.51. The molecule has 0 unspecified atom stereocenters. The highest BCUT2D eigenvalue weighted by atomic mass is 16.3. The Balaban J connectivity index is 1.78. The molecule has 1 amide bonds. The lowest BCUT2D eigenvalue weighted by atomic mass is 10.1. The highest BCUT2D eigenvalue weighted by Gasteiger charge is 2.12. The summed E-state index contributed by atoms with van der Waals surface area (Å²) < 4.78 is 5.35. The van der Waals surface area contributed by atoms with Crippen molar-refractivity contribution in [1.82, 2.24) is 10.4 Å². The monoisotopic (exact) mass is 309 g/mol. The Hall–Kier alpha value is -2.82. The fourth-order valence-electron chi connectivity index (χ4n) is 2.72. The molecule has 0 radical (unpaired) electrons. The van der Waals surface area contributed by atoms with Crippen LogP contribution < -0.4 is 5.43 Å². The zero-order chi connectivity index (χ0) is 16.4. The maximum absolute atomic E-state index is 12.1. The van der Waals surface area contributed by atoms with Gasteiger partial charge in [-0.1, -0.05) is 25.1 Å². The van der Waals surface area contributed by atoms with E-state index < -0.39 is 0 Å². The molecule has 5 heteroatoms. The third-order valence-electron chi connectivity index (χ3n) is 3.87. The van der Waals surface area contributed by atoms with Crippen molar-refractivity contribution in [3.63, 3.8) is 0 Å². The number of carbonyl (C=O) groups excluding carboxylic acids is 1. The van der Waals surface area contributed by atoms with Gasteiger partial charge < -0.3 is 9.40 Å². The second-order valence-corrected chi connectivity index (χ2v) is 5.46. The topological polar surface area (TPSA) is 70.4 Å². The van der Waals surface area contributed by atoms with Crippen LogP contribution >= 0.6 is 0 Å². The van der Waals surface area contributed by atoms with Crippen molar-refractivity contribution in [2.75, 3.05) is 0 Å². The van der Waals surface area contributed by atoms with E-state index >= 15 is 0 Å². The third kappa shape index (κ3) is 2.90. The van der Waals surface area contributed by atoms with Crippen LogP contribution in [0.1, 0.15) is 39.9 Å². The Kier molecular flexibility index (Phi) is 4.02. The molecule has 5 nitrogen and oxygen atoms in total. The van der Waals surface area contributed by atoms with Gasteiger partial charge in [0.05, 0.1) is 11.8 Å². The number of nitrogens with zero attached hydrogens (tertiary/aromatic N) is 1. The number of rotatable bonds is 4. The van der Waals surface area contributed by atoms with Crippen LogP contribution in [-0.4, -0.2) is 17.1 Å². The maximum atomic E-state index is 12.1. The van der Waals surface area contributed by atoms with E-state index in [0.29, 0.717) is 17.1 Å². The van der Waals surface area contributed by atoms with E-state index in [2.05, 4.69) is 28.5 Å². The van der Waals surface area contributed by atoms with Crippen LogP contribution in [0, 0.1) is 13.8 Å². The minimum atomic E-state index is -0.273. The molecule has 0 aliphatic carbocycles. The number of nitrogens with one attached hydrogen (secondary N) is 2. The third-order valence-corrected chi connectivity index (χ3v) is 3.87. The molecular formula is C18H19N3O2. The van der Waals surface area contributed by atoms with Gasteiger partial charge in [0.2, 0.25) is 0 Å². The molecule has 2 aromatic heterocycles. The van der Waals surface area contributed by atoms with E-state index in [1.54, 1.807) is 19.2 Å². The number of aryl methyl sites for hydroxylation is 3. The van der Waals surface area contributed by atoms with Crippen LogP contribution in [0.5, 0.6) is 0 Å². The van der Waals surface area contributed by atoms with Crippen molar-refractivity contribution in [2.24, 2.45) is 5.10 Å². The molecule has 0 aliphatic heterocycles. The normalized spacial score (nSPS) is 11.4. The number of H-pyrrole nitrogens is 1. The number of amides is 1. The van der Waals surface area contributed by atoms with Gasteiger partial charge in [0.1, 0.15) is 11.5 Å². The first-order valence-corrected chi connectivity index (χ1v) is 7.59. The lowest BCUT2D eigenvalue weighted by molar-refractivity contribution is 0.0953. The number of hydrogen-bond donors (Lipinski definition) is 2. The predicted octanol–water partition coefficient (Wildman–Crippen LogP) is 3.70. The molecule has 2 heterocycles. The van der Waals surface area contributed by atoms with E-state index in [9.17, 15) is 4.79 Å². The first-order chi connectivity index (χ1) is 11.1. The van der Waals surface area contributed by atoms with Crippen LogP contribution in [0.15, 0.2) is 40.0 Å². The number of aromatic nitrogens is 1. The zero-order valence-corrected chi connectivity index (χ0v) is 13.4. The summed E-state index contributed by atoms with van der Waals surface area (Å²) in [5.74, 6) is 1.03. The van der Waals surface area contributed by atoms with E-state index in [4.69, 9.17) is 4.42 Å². The number of hydrazone groups is 1. The quantitative estimate of drug-likeness (QED) is 0.570. The van der Waals surface area contributed by atoms with Gasteiger partial charge in [-0.15, -0.1) is 0 Å². The standard InChI is InChI=1S/C18H19N3O2/c1-4-13-6-5-7-15-14(9-19-17(13)15)10-20-21-18(22)16-8-11(2)23-12(16)3/h5-10,19H,4H2,1-3H3,(H,21,22). The summed E-state index contributed by atoms with van der Waals surface area (Å²) in [7, 11) is 0. The highest BCUT2D eigenvalue weighted by Crippen LogP contribution is 2.21. The molecule has 23 heavy (non-hydrogen) atoms. The lowest BCUT2D eigenvalue weighted by Gasteiger charge is -1.99. The number of carbonyl (C=O) groups is 1. The van der Waals surface area contributed by atoms with Gasteiger partial charge in [-0.25, -0.2) is 5.43 Å². The minimum Gasteiger partial charge on any atom is -0.466 e. The smallest absolute Gasteiger partial charge is 0.274 e. The van der Waals surface area contributed by atoms with Crippen LogP contribution in [0.4, 0.5) is 0 Å². The summed E-state index contributed by atoms with van der Waals surface area (Å²) in [4.78, 5) is 15.3. The van der Waals surface area contributed by atoms with Gasteiger partial charge in [0, 0.05) is 22.7 Å². The summed E-state index contributed by atoms with van der Waals surface area (Å²) >= 11 is 0. The first kappa shape index (κ1) is 15.1. The largest absolute Gasteiger partial charge is 0.466 e. The maximum Gasteiger partial charge on any atom is 0.274 e. The molecule has 3 aromatic rings. The second-order valence-electron chi connectivity index (χ2n) is 5.46. The van der Waals surface area contributed by atoms with Crippen LogP contribution in [-0.2, 0) is 6.42 Å². The summed E-state index contributed by atoms with van der Waals surface area (Å²) in [6, 6.07) is 7.88. The van der Waals surface area contributed by atoms with Gasteiger partial charge >= 0.3 is 0 Å². The van der Waals surface area contributed by atoms with Crippen molar-refractivity contribution < 1.29 is 9.21 Å². The average molecular weight is 309 g/mol. The summed E-state index contributed by atoms with van der Waals surface area (Å²) in [6.45, 7) is 5.70. The number of benzene rings is 1. The van der Waals surface area contributed by atoms with Crippen molar-refractivity contribution >= 4 is 23.0 Å². The Morgan fingerprint density at radius 1 is 1.39 bits per heavy atom. The lowest BCUT2D eigenvalue weighted by Crippen LogP contribution is -2.17. The fourth-order valence-corrected chi connectivity index (χ4v) is 2.72. The first-order valence-electron chi connectivity index (χ1n) is 7.59. The SMILES string of the molecule is CCc1cccc2c(C=NNC(=O)c3cc(C)oc3C)c[nH]c12. The molecule has 0 aliphatic rings. The molecule has 0 saturated carbocycles. The van der Waals surface area contributed by atoms with Crippen molar-refractivity contribution in [3.8, 4) is 0 Å². The molecule has 0 atom stereocenters. The molecule has 0 spiro atoms. The average Bonchev–Trinajstić information content (AvgIpc) is 3.10. The van der Waals surface area contributed by atoms with E-state index in [1.165, 1.54) is 5.56 Å². The number of hydrogen-bond acceptors (Lipinski definition) is 3. The zero-order valence-electron chi connectivity index (χ0n) is 13.4. The molecule has 1 aromatic carbocycles. The van der Waals surface area contributed by atoms with E-state index in [1.807, 2.05) is 25.3 Å². The molecule has 0 saturated heterocycles. The number of furan rings is 1. The van der Waals surface area contributed by atoms with Gasteiger partial charge in [0.25, 0.3) is 5.91 Å². The van der Waals surface area contributed by atoms with E-state index in [0.717, 1.165) is 22.9 Å². The van der Waals surface area contributed by atoms with Crippen molar-refractivity contribution in [2.45, 2.75) is 27.2 Å². The molecule has 3 rings (SSSR count).